The van der Waals surface area contributed by atoms with Crippen molar-refractivity contribution in [2.75, 3.05) is 0 Å². The minimum absolute atomic E-state index is 0.225. The predicted octanol–water partition coefficient (Wildman–Crippen LogP) is 6.05. The number of benzene rings is 2. The van der Waals surface area contributed by atoms with Gasteiger partial charge in [0.1, 0.15) is 5.58 Å². The molecule has 5 heteroatoms. The van der Waals surface area contributed by atoms with Gasteiger partial charge in [0.05, 0.1) is 6.54 Å². The summed E-state index contributed by atoms with van der Waals surface area (Å²) in [6.07, 6.45) is 0. The molecule has 130 valence electrons. The van der Waals surface area contributed by atoms with E-state index in [2.05, 4.69) is 5.32 Å². The van der Waals surface area contributed by atoms with Gasteiger partial charge in [-0.2, -0.15) is 0 Å². The second-order valence-electron chi connectivity index (χ2n) is 6.07. The van der Waals surface area contributed by atoms with Gasteiger partial charge in [0.15, 0.2) is 0 Å². The Kier molecular flexibility index (Phi) is 4.53. The third-order valence-electron chi connectivity index (χ3n) is 4.19. The Balaban J connectivity index is 1.78. The van der Waals surface area contributed by atoms with Crippen LogP contribution in [0.15, 0.2) is 64.4 Å². The summed E-state index contributed by atoms with van der Waals surface area (Å²) >= 11 is 7.63. The highest BCUT2D eigenvalue weighted by molar-refractivity contribution is 7.09. The Hall–Kier alpha value is -2.56. The molecule has 0 spiro atoms. The molecule has 1 N–H and O–H groups in total. The SMILES string of the molecule is Cc1ccc2oc(C(=O)NCc3cccs3)c(-c3ccc(Cl)cc3)c2c1. The number of fused-ring (bicyclic) bond motifs is 1. The molecule has 0 radical (unpaired) electrons. The van der Waals surface area contributed by atoms with Crippen molar-refractivity contribution in [2.45, 2.75) is 13.5 Å². The molecule has 1 amide bonds. The zero-order valence-electron chi connectivity index (χ0n) is 14.1. The van der Waals surface area contributed by atoms with Crippen LogP contribution in [0.1, 0.15) is 21.0 Å². The molecule has 0 saturated carbocycles. The summed E-state index contributed by atoms with van der Waals surface area (Å²) in [5, 5.41) is 6.52. The number of amides is 1. The number of carbonyl (C=O) groups excluding carboxylic acids is 1. The molecule has 0 aliphatic heterocycles. The van der Waals surface area contributed by atoms with E-state index in [1.807, 2.05) is 66.9 Å². The van der Waals surface area contributed by atoms with E-state index in [1.165, 1.54) is 0 Å². The van der Waals surface area contributed by atoms with Gasteiger partial charge in [0.25, 0.3) is 5.91 Å². The highest BCUT2D eigenvalue weighted by Gasteiger charge is 2.22. The van der Waals surface area contributed by atoms with E-state index < -0.39 is 0 Å². The van der Waals surface area contributed by atoms with Crippen LogP contribution in [0, 0.1) is 6.92 Å². The maximum Gasteiger partial charge on any atom is 0.287 e. The van der Waals surface area contributed by atoms with E-state index in [0.29, 0.717) is 22.9 Å². The molecular weight excluding hydrogens is 366 g/mol. The summed E-state index contributed by atoms with van der Waals surface area (Å²) in [6.45, 7) is 2.50. The fraction of sp³-hybridized carbons (Fsp3) is 0.0952. The monoisotopic (exact) mass is 381 g/mol. The van der Waals surface area contributed by atoms with Gasteiger partial charge in [-0.25, -0.2) is 0 Å². The molecule has 0 atom stereocenters. The molecule has 0 bridgehead atoms. The van der Waals surface area contributed by atoms with Crippen LogP contribution in [0.4, 0.5) is 0 Å². The van der Waals surface area contributed by atoms with Gasteiger partial charge in [-0.3, -0.25) is 4.79 Å². The zero-order chi connectivity index (χ0) is 18.1. The quantitative estimate of drug-likeness (QED) is 0.467. The number of hydrogen-bond donors (Lipinski definition) is 1. The van der Waals surface area contributed by atoms with Crippen molar-refractivity contribution in [1.29, 1.82) is 0 Å². The Bertz CT molecular complexity index is 1070. The van der Waals surface area contributed by atoms with E-state index in [0.717, 1.165) is 27.0 Å². The fourth-order valence-electron chi connectivity index (χ4n) is 2.94. The van der Waals surface area contributed by atoms with Crippen LogP contribution >= 0.6 is 22.9 Å². The number of rotatable bonds is 4. The minimum Gasteiger partial charge on any atom is -0.450 e. The number of nitrogens with one attached hydrogen (secondary N) is 1. The Morgan fingerprint density at radius 3 is 2.69 bits per heavy atom. The first-order valence-corrected chi connectivity index (χ1v) is 9.47. The van der Waals surface area contributed by atoms with Crippen molar-refractivity contribution in [3.8, 4) is 11.1 Å². The van der Waals surface area contributed by atoms with Gasteiger partial charge in [0.2, 0.25) is 5.76 Å². The number of aryl methyl sites for hydroxylation is 1. The summed E-state index contributed by atoms with van der Waals surface area (Å²) in [5.41, 5.74) is 3.50. The van der Waals surface area contributed by atoms with Crippen LogP contribution < -0.4 is 5.32 Å². The zero-order valence-corrected chi connectivity index (χ0v) is 15.7. The average Bonchev–Trinajstić information content (AvgIpc) is 3.28. The first-order valence-electron chi connectivity index (χ1n) is 8.21. The Labute approximate surface area is 160 Å². The molecule has 4 rings (SSSR count). The first kappa shape index (κ1) is 16.9. The second kappa shape index (κ2) is 6.98. The third-order valence-corrected chi connectivity index (χ3v) is 5.31. The molecule has 0 fully saturated rings. The largest absolute Gasteiger partial charge is 0.450 e. The lowest BCUT2D eigenvalue weighted by atomic mass is 10.0. The van der Waals surface area contributed by atoms with Crippen molar-refractivity contribution >= 4 is 39.8 Å². The van der Waals surface area contributed by atoms with Crippen LogP contribution in [0.3, 0.4) is 0 Å². The molecule has 3 nitrogen and oxygen atoms in total. The fourth-order valence-corrected chi connectivity index (χ4v) is 3.71. The van der Waals surface area contributed by atoms with E-state index in [1.54, 1.807) is 11.3 Å². The summed E-state index contributed by atoms with van der Waals surface area (Å²) in [5.74, 6) is 0.0988. The number of furan rings is 1. The number of halogens is 1. The van der Waals surface area contributed by atoms with Crippen molar-refractivity contribution in [3.05, 3.63) is 81.2 Å². The molecule has 0 saturated heterocycles. The van der Waals surface area contributed by atoms with E-state index in [9.17, 15) is 4.79 Å². The lowest BCUT2D eigenvalue weighted by molar-refractivity contribution is 0.0926. The molecular formula is C21H16ClNO2S. The van der Waals surface area contributed by atoms with Gasteiger partial charge in [-0.05, 0) is 48.2 Å². The average molecular weight is 382 g/mol. The topological polar surface area (TPSA) is 42.2 Å². The molecule has 2 aromatic heterocycles. The normalized spacial score (nSPS) is 11.0. The van der Waals surface area contributed by atoms with Crippen LogP contribution in [-0.4, -0.2) is 5.91 Å². The summed E-state index contributed by atoms with van der Waals surface area (Å²) in [6, 6.07) is 17.3. The molecule has 2 heterocycles. The van der Waals surface area contributed by atoms with E-state index in [4.69, 9.17) is 16.0 Å². The highest BCUT2D eigenvalue weighted by Crippen LogP contribution is 2.36. The summed E-state index contributed by atoms with van der Waals surface area (Å²) < 4.78 is 5.93. The number of thiophene rings is 1. The lowest BCUT2D eigenvalue weighted by Crippen LogP contribution is -2.22. The van der Waals surface area contributed by atoms with Crippen LogP contribution in [0.25, 0.3) is 22.1 Å². The van der Waals surface area contributed by atoms with E-state index in [-0.39, 0.29) is 5.91 Å². The van der Waals surface area contributed by atoms with Crippen molar-refractivity contribution in [1.82, 2.24) is 5.32 Å². The summed E-state index contributed by atoms with van der Waals surface area (Å²) in [7, 11) is 0. The first-order chi connectivity index (χ1) is 12.6. The van der Waals surface area contributed by atoms with Crippen LogP contribution in [-0.2, 0) is 6.54 Å². The third kappa shape index (κ3) is 3.26. The molecule has 0 aliphatic rings. The summed E-state index contributed by atoms with van der Waals surface area (Å²) in [4.78, 5) is 13.9. The maximum absolute atomic E-state index is 12.8. The second-order valence-corrected chi connectivity index (χ2v) is 7.54. The van der Waals surface area contributed by atoms with Gasteiger partial charge >= 0.3 is 0 Å². The van der Waals surface area contributed by atoms with Gasteiger partial charge in [-0.1, -0.05) is 41.4 Å². The molecule has 26 heavy (non-hydrogen) atoms. The smallest absolute Gasteiger partial charge is 0.287 e. The van der Waals surface area contributed by atoms with Crippen molar-refractivity contribution in [3.63, 3.8) is 0 Å². The van der Waals surface area contributed by atoms with Crippen LogP contribution in [0.2, 0.25) is 5.02 Å². The highest BCUT2D eigenvalue weighted by atomic mass is 35.5. The predicted molar refractivity (Wildman–Crippen MR) is 107 cm³/mol. The number of hydrogen-bond acceptors (Lipinski definition) is 3. The Morgan fingerprint density at radius 1 is 1.15 bits per heavy atom. The van der Waals surface area contributed by atoms with Crippen molar-refractivity contribution < 1.29 is 9.21 Å². The minimum atomic E-state index is -0.225. The van der Waals surface area contributed by atoms with Crippen molar-refractivity contribution in [2.24, 2.45) is 0 Å². The molecule has 0 unspecified atom stereocenters. The molecule has 4 aromatic rings. The molecule has 0 aliphatic carbocycles. The molecule has 2 aromatic carbocycles. The van der Waals surface area contributed by atoms with Gasteiger partial charge in [-0.15, -0.1) is 11.3 Å². The lowest BCUT2D eigenvalue weighted by Gasteiger charge is -2.05. The van der Waals surface area contributed by atoms with E-state index >= 15 is 0 Å². The standard InChI is InChI=1S/C21H16ClNO2S/c1-13-4-9-18-17(11-13)19(14-5-7-15(22)8-6-14)20(25-18)21(24)23-12-16-3-2-10-26-16/h2-11H,12H2,1H3,(H,23,24). The maximum atomic E-state index is 12.8. The van der Waals surface area contributed by atoms with Gasteiger partial charge < -0.3 is 9.73 Å². The van der Waals surface area contributed by atoms with Gasteiger partial charge in [0, 0.05) is 20.8 Å². The van der Waals surface area contributed by atoms with Crippen LogP contribution in [0.5, 0.6) is 0 Å². The number of carbonyl (C=O) groups is 1. The Morgan fingerprint density at radius 2 is 1.96 bits per heavy atom.